The Morgan fingerprint density at radius 1 is 1.33 bits per heavy atom. The molecule has 140 valence electrons. The number of phenols is 1. The zero-order valence-electron chi connectivity index (χ0n) is 14.6. The summed E-state index contributed by atoms with van der Waals surface area (Å²) in [7, 11) is 1.95. The van der Waals surface area contributed by atoms with Crippen LogP contribution in [0, 0.1) is 5.92 Å². The van der Waals surface area contributed by atoms with Gasteiger partial charge in [-0.15, -0.1) is 5.10 Å². The molecule has 4 atom stereocenters. The second-order valence-electron chi connectivity index (χ2n) is 7.07. The number of imidazole rings is 1. The van der Waals surface area contributed by atoms with E-state index in [2.05, 4.69) is 20.1 Å². The summed E-state index contributed by atoms with van der Waals surface area (Å²) in [6.07, 6.45) is 4.47. The summed E-state index contributed by atoms with van der Waals surface area (Å²) in [6.45, 7) is 0.845. The van der Waals surface area contributed by atoms with Crippen molar-refractivity contribution >= 4 is 11.3 Å². The van der Waals surface area contributed by atoms with Crippen molar-refractivity contribution in [2.24, 2.45) is 5.92 Å². The lowest BCUT2D eigenvalue weighted by atomic mass is 10.1. The molecule has 3 heterocycles. The van der Waals surface area contributed by atoms with Gasteiger partial charge in [-0.25, -0.2) is 9.37 Å². The molecule has 3 aromatic rings. The minimum atomic E-state index is -1.01. The van der Waals surface area contributed by atoms with Gasteiger partial charge in [0.15, 0.2) is 11.2 Å². The van der Waals surface area contributed by atoms with Gasteiger partial charge in [0.25, 0.3) is 5.19 Å². The average Bonchev–Trinajstić information content (AvgIpc) is 3.42. The van der Waals surface area contributed by atoms with Crippen LogP contribution in [0.3, 0.4) is 0 Å². The molecule has 5 rings (SSSR count). The number of benzene rings is 1. The summed E-state index contributed by atoms with van der Waals surface area (Å²) < 4.78 is 22.2. The SMILES string of the molecule is CN1C[C@H]2C[C@@H]1[C@H](F)[C@@H]2Oc1nnc(-c2ccc(-n3ccnc3)cc2O)s1. The molecule has 1 N–H and O–H groups in total. The highest BCUT2D eigenvalue weighted by molar-refractivity contribution is 7.16. The van der Waals surface area contributed by atoms with Crippen LogP contribution >= 0.6 is 11.3 Å². The van der Waals surface area contributed by atoms with Crippen LogP contribution in [0.2, 0.25) is 0 Å². The highest BCUT2D eigenvalue weighted by Crippen LogP contribution is 2.42. The summed E-state index contributed by atoms with van der Waals surface area (Å²) in [6, 6.07) is 5.22. The van der Waals surface area contributed by atoms with Crippen molar-refractivity contribution in [3.8, 4) is 27.2 Å². The maximum absolute atomic E-state index is 14.5. The van der Waals surface area contributed by atoms with E-state index in [4.69, 9.17) is 4.74 Å². The lowest BCUT2D eigenvalue weighted by molar-refractivity contribution is 0.0246. The predicted octanol–water partition coefficient (Wildman–Crippen LogP) is 2.52. The van der Waals surface area contributed by atoms with Crippen LogP contribution in [-0.4, -0.2) is 61.7 Å². The Bertz CT molecular complexity index is 961. The molecule has 0 radical (unpaired) electrons. The zero-order valence-corrected chi connectivity index (χ0v) is 15.4. The molecule has 1 saturated carbocycles. The first-order valence-electron chi connectivity index (χ1n) is 8.76. The predicted molar refractivity (Wildman–Crippen MR) is 98.0 cm³/mol. The molecular formula is C18H18FN5O2S. The Kier molecular flexibility index (Phi) is 3.87. The highest BCUT2D eigenvalue weighted by Gasteiger charge is 2.53. The summed E-state index contributed by atoms with van der Waals surface area (Å²) in [5.41, 5.74) is 1.36. The third kappa shape index (κ3) is 2.78. The maximum atomic E-state index is 14.5. The van der Waals surface area contributed by atoms with Gasteiger partial charge in [0, 0.05) is 37.0 Å². The third-order valence-corrected chi connectivity index (χ3v) is 6.28. The number of halogens is 1. The van der Waals surface area contributed by atoms with Crippen molar-refractivity contribution in [2.45, 2.75) is 24.7 Å². The number of alkyl halides is 1. The van der Waals surface area contributed by atoms with E-state index in [0.717, 1.165) is 18.7 Å². The fourth-order valence-corrected chi connectivity index (χ4v) is 4.85. The van der Waals surface area contributed by atoms with Crippen LogP contribution in [0.4, 0.5) is 4.39 Å². The van der Waals surface area contributed by atoms with Gasteiger partial charge in [0.2, 0.25) is 0 Å². The lowest BCUT2D eigenvalue weighted by Gasteiger charge is -2.31. The fraction of sp³-hybridized carbons (Fsp3) is 0.389. The Morgan fingerprint density at radius 3 is 2.93 bits per heavy atom. The van der Waals surface area contributed by atoms with Crippen molar-refractivity contribution in [3.05, 3.63) is 36.9 Å². The number of hydrogen-bond acceptors (Lipinski definition) is 7. The molecular weight excluding hydrogens is 369 g/mol. The van der Waals surface area contributed by atoms with Crippen LogP contribution in [0.5, 0.6) is 10.9 Å². The number of nitrogens with zero attached hydrogens (tertiary/aromatic N) is 5. The highest BCUT2D eigenvalue weighted by atomic mass is 32.1. The molecule has 2 aromatic heterocycles. The molecule has 1 saturated heterocycles. The van der Waals surface area contributed by atoms with E-state index < -0.39 is 12.3 Å². The molecule has 0 amide bonds. The maximum Gasteiger partial charge on any atom is 0.294 e. The van der Waals surface area contributed by atoms with E-state index in [1.54, 1.807) is 35.4 Å². The summed E-state index contributed by atoms with van der Waals surface area (Å²) in [4.78, 5) is 6.05. The van der Waals surface area contributed by atoms with Gasteiger partial charge < -0.3 is 14.4 Å². The van der Waals surface area contributed by atoms with Crippen LogP contribution in [0.1, 0.15) is 6.42 Å². The van der Waals surface area contributed by atoms with E-state index in [9.17, 15) is 9.50 Å². The summed E-state index contributed by atoms with van der Waals surface area (Å²) in [5, 5.41) is 19.4. The first-order chi connectivity index (χ1) is 13.1. The monoisotopic (exact) mass is 387 g/mol. The lowest BCUT2D eigenvalue weighted by Crippen LogP contribution is -2.46. The van der Waals surface area contributed by atoms with Gasteiger partial charge in [-0.1, -0.05) is 16.4 Å². The Hall–Kier alpha value is -2.52. The minimum Gasteiger partial charge on any atom is -0.507 e. The van der Waals surface area contributed by atoms with Gasteiger partial charge in [-0.05, 0) is 25.6 Å². The van der Waals surface area contributed by atoms with Crippen molar-refractivity contribution in [2.75, 3.05) is 13.6 Å². The molecule has 1 aliphatic heterocycles. The Balaban J connectivity index is 1.35. The molecule has 2 bridgehead atoms. The van der Waals surface area contributed by atoms with Crippen molar-refractivity contribution in [1.29, 1.82) is 0 Å². The fourth-order valence-electron chi connectivity index (χ4n) is 4.08. The number of piperidine rings is 1. The summed E-state index contributed by atoms with van der Waals surface area (Å²) >= 11 is 1.22. The van der Waals surface area contributed by atoms with E-state index in [1.165, 1.54) is 11.3 Å². The van der Waals surface area contributed by atoms with Gasteiger partial charge in [0.1, 0.15) is 11.9 Å². The number of rotatable bonds is 4. The molecule has 2 fully saturated rings. The van der Waals surface area contributed by atoms with Crippen molar-refractivity contribution in [1.82, 2.24) is 24.6 Å². The third-order valence-electron chi connectivity index (χ3n) is 5.44. The van der Waals surface area contributed by atoms with Crippen molar-refractivity contribution in [3.63, 3.8) is 0 Å². The smallest absolute Gasteiger partial charge is 0.294 e. The van der Waals surface area contributed by atoms with E-state index >= 15 is 0 Å². The number of aromatic hydroxyl groups is 1. The molecule has 9 heteroatoms. The van der Waals surface area contributed by atoms with Gasteiger partial charge >= 0.3 is 0 Å². The summed E-state index contributed by atoms with van der Waals surface area (Å²) in [5.74, 6) is 0.277. The number of aromatic nitrogens is 4. The van der Waals surface area contributed by atoms with Crippen LogP contribution in [0.25, 0.3) is 16.3 Å². The number of fused-ring (bicyclic) bond motifs is 2. The quantitative estimate of drug-likeness (QED) is 0.741. The minimum absolute atomic E-state index is 0.0628. The van der Waals surface area contributed by atoms with E-state index in [1.807, 2.05) is 13.1 Å². The normalized spacial score (nSPS) is 27.3. The van der Waals surface area contributed by atoms with E-state index in [0.29, 0.717) is 15.8 Å². The largest absolute Gasteiger partial charge is 0.507 e. The van der Waals surface area contributed by atoms with Crippen LogP contribution in [-0.2, 0) is 0 Å². The van der Waals surface area contributed by atoms with Crippen molar-refractivity contribution < 1.29 is 14.2 Å². The second kappa shape index (κ2) is 6.28. The Labute approximate surface area is 159 Å². The number of hydrogen-bond donors (Lipinski definition) is 1. The van der Waals surface area contributed by atoms with Gasteiger partial charge in [0.05, 0.1) is 17.6 Å². The van der Waals surface area contributed by atoms with E-state index in [-0.39, 0.29) is 17.7 Å². The number of likely N-dealkylation sites (tertiary alicyclic amines) is 1. The molecule has 2 aliphatic rings. The molecule has 7 nitrogen and oxygen atoms in total. The number of phenolic OH excluding ortho intramolecular Hbond substituents is 1. The molecule has 27 heavy (non-hydrogen) atoms. The standard InChI is InChI=1S/C18H18FN5O2S/c1-23-8-10-6-13(23)15(19)16(10)26-18-22-21-17(27-18)12-3-2-11(7-14(12)25)24-5-4-20-9-24/h2-5,7,9-10,13,15-16,25H,6,8H2,1H3/t10-,13-,15+,16-/m1/s1. The van der Waals surface area contributed by atoms with Crippen LogP contribution in [0.15, 0.2) is 36.9 Å². The second-order valence-corrected chi connectivity index (χ2v) is 8.01. The first-order valence-corrected chi connectivity index (χ1v) is 9.58. The Morgan fingerprint density at radius 2 is 2.22 bits per heavy atom. The zero-order chi connectivity index (χ0) is 18.5. The molecule has 0 unspecified atom stereocenters. The van der Waals surface area contributed by atoms with Gasteiger partial charge in [-0.3, -0.25) is 4.90 Å². The molecule has 0 spiro atoms. The molecule has 1 aromatic carbocycles. The average molecular weight is 387 g/mol. The first kappa shape index (κ1) is 16.6. The number of ether oxygens (including phenoxy) is 1. The van der Waals surface area contributed by atoms with Gasteiger partial charge in [-0.2, -0.15) is 0 Å². The topological polar surface area (TPSA) is 76.3 Å². The molecule has 1 aliphatic carbocycles. The van der Waals surface area contributed by atoms with Crippen LogP contribution < -0.4 is 4.74 Å².